The van der Waals surface area contributed by atoms with Crippen molar-refractivity contribution in [1.82, 2.24) is 9.80 Å². The Kier molecular flexibility index (Phi) is 3.06. The van der Waals surface area contributed by atoms with Crippen molar-refractivity contribution < 1.29 is 9.53 Å². The van der Waals surface area contributed by atoms with E-state index in [0.717, 1.165) is 44.0 Å². The van der Waals surface area contributed by atoms with Crippen LogP contribution >= 0.6 is 0 Å². The van der Waals surface area contributed by atoms with E-state index in [-0.39, 0.29) is 11.8 Å². The Morgan fingerprint density at radius 2 is 2.06 bits per heavy atom. The van der Waals surface area contributed by atoms with Crippen molar-refractivity contribution in [2.45, 2.75) is 6.04 Å². The normalized spacial score (nSPS) is 30.2. The first-order valence-electron chi connectivity index (χ1n) is 6.42. The molecule has 96 valence electrons. The third kappa shape index (κ3) is 2.02. The number of piperazine rings is 3. The number of hydrogen-bond donors (Lipinski definition) is 0. The molecule has 1 aromatic carbocycles. The maximum atomic E-state index is 12.5. The first-order valence-corrected chi connectivity index (χ1v) is 6.42. The summed E-state index contributed by atoms with van der Waals surface area (Å²) in [6, 6.07) is 7.49. The molecule has 0 aliphatic carbocycles. The molecular weight excluding hydrogens is 228 g/mol. The van der Waals surface area contributed by atoms with Gasteiger partial charge >= 0.3 is 0 Å². The van der Waals surface area contributed by atoms with Crippen molar-refractivity contribution in [2.24, 2.45) is 0 Å². The highest BCUT2D eigenvalue weighted by Crippen LogP contribution is 2.21. The molecule has 4 nitrogen and oxygen atoms in total. The van der Waals surface area contributed by atoms with E-state index in [2.05, 4.69) is 9.80 Å². The van der Waals surface area contributed by atoms with Gasteiger partial charge in [-0.05, 0) is 12.1 Å². The number of methoxy groups -OCH3 is 1. The first kappa shape index (κ1) is 11.7. The molecule has 0 radical (unpaired) electrons. The third-order valence-electron chi connectivity index (χ3n) is 3.94. The van der Waals surface area contributed by atoms with E-state index in [1.54, 1.807) is 7.11 Å². The zero-order valence-corrected chi connectivity index (χ0v) is 10.6. The molecule has 3 fully saturated rings. The van der Waals surface area contributed by atoms with Gasteiger partial charge in [-0.15, -0.1) is 0 Å². The highest BCUT2D eigenvalue weighted by atomic mass is 16.5. The molecule has 2 bridgehead atoms. The van der Waals surface area contributed by atoms with Crippen molar-refractivity contribution in [2.75, 3.05) is 39.8 Å². The number of ketones is 1. The zero-order valence-electron chi connectivity index (χ0n) is 10.6. The molecule has 3 aliphatic heterocycles. The van der Waals surface area contributed by atoms with Crippen LogP contribution in [0.5, 0.6) is 5.75 Å². The van der Waals surface area contributed by atoms with Gasteiger partial charge in [0, 0.05) is 38.3 Å². The van der Waals surface area contributed by atoms with E-state index in [1.807, 2.05) is 24.3 Å². The van der Waals surface area contributed by atoms with Crippen LogP contribution in [0, 0.1) is 0 Å². The van der Waals surface area contributed by atoms with Crippen LogP contribution in [0.1, 0.15) is 10.4 Å². The summed E-state index contributed by atoms with van der Waals surface area (Å²) in [7, 11) is 1.63. The van der Waals surface area contributed by atoms with Gasteiger partial charge in [0.1, 0.15) is 5.75 Å². The Labute approximate surface area is 107 Å². The van der Waals surface area contributed by atoms with Crippen LogP contribution in [-0.4, -0.2) is 61.5 Å². The molecule has 0 amide bonds. The Balaban J connectivity index is 1.81. The van der Waals surface area contributed by atoms with E-state index in [9.17, 15) is 4.79 Å². The van der Waals surface area contributed by atoms with E-state index < -0.39 is 0 Å². The standard InChI is InChI=1S/C14H18N2O2/c1-18-12-4-2-3-11(9-12)14(17)13-10-15-5-7-16(13)8-6-15/h2-4,9,13H,5-8,10H2,1H3. The Bertz CT molecular complexity index is 453. The number of ether oxygens (including phenoxy) is 1. The minimum atomic E-state index is 0.0274. The van der Waals surface area contributed by atoms with Gasteiger partial charge in [-0.25, -0.2) is 0 Å². The largest absolute Gasteiger partial charge is 0.497 e. The van der Waals surface area contributed by atoms with Crippen LogP contribution in [-0.2, 0) is 0 Å². The van der Waals surface area contributed by atoms with Gasteiger partial charge in [-0.1, -0.05) is 12.1 Å². The average Bonchev–Trinajstić information content (AvgIpc) is 2.47. The van der Waals surface area contributed by atoms with E-state index >= 15 is 0 Å². The summed E-state index contributed by atoms with van der Waals surface area (Å²) in [6.07, 6.45) is 0. The van der Waals surface area contributed by atoms with Crippen LogP contribution in [0.4, 0.5) is 0 Å². The smallest absolute Gasteiger partial charge is 0.181 e. The monoisotopic (exact) mass is 246 g/mol. The second-order valence-electron chi connectivity index (χ2n) is 4.95. The second-order valence-corrected chi connectivity index (χ2v) is 4.95. The van der Waals surface area contributed by atoms with E-state index in [0.29, 0.717) is 0 Å². The van der Waals surface area contributed by atoms with E-state index in [1.165, 1.54) is 0 Å². The first-order chi connectivity index (χ1) is 8.78. The van der Waals surface area contributed by atoms with Gasteiger partial charge in [0.25, 0.3) is 0 Å². The summed E-state index contributed by atoms with van der Waals surface area (Å²) < 4.78 is 5.18. The SMILES string of the molecule is COc1cccc(C(=O)C2CN3CCN2CC3)c1. The number of Topliss-reactive ketones (excluding diaryl/α,β-unsaturated/α-hetero) is 1. The van der Waals surface area contributed by atoms with Crippen LogP contribution < -0.4 is 4.74 Å². The predicted octanol–water partition coefficient (Wildman–Crippen LogP) is 0.878. The Morgan fingerprint density at radius 1 is 1.28 bits per heavy atom. The van der Waals surface area contributed by atoms with Crippen LogP contribution in [0.15, 0.2) is 24.3 Å². The highest BCUT2D eigenvalue weighted by molar-refractivity contribution is 6.00. The lowest BCUT2D eigenvalue weighted by Gasteiger charge is -2.46. The van der Waals surface area contributed by atoms with Crippen molar-refractivity contribution in [3.63, 3.8) is 0 Å². The molecule has 3 aliphatic rings. The van der Waals surface area contributed by atoms with Gasteiger partial charge < -0.3 is 4.74 Å². The van der Waals surface area contributed by atoms with Crippen molar-refractivity contribution in [3.05, 3.63) is 29.8 Å². The lowest BCUT2D eigenvalue weighted by atomic mass is 9.98. The molecule has 3 saturated heterocycles. The molecule has 4 rings (SSSR count). The molecule has 4 heteroatoms. The molecular formula is C14H18N2O2. The predicted molar refractivity (Wildman–Crippen MR) is 69.1 cm³/mol. The third-order valence-corrected chi connectivity index (χ3v) is 3.94. The van der Waals surface area contributed by atoms with Crippen molar-refractivity contribution in [3.8, 4) is 5.75 Å². The lowest BCUT2D eigenvalue weighted by molar-refractivity contribution is 0.0159. The molecule has 18 heavy (non-hydrogen) atoms. The number of carbonyl (C=O) groups is 1. The maximum absolute atomic E-state index is 12.5. The summed E-state index contributed by atoms with van der Waals surface area (Å²) in [5.74, 6) is 0.968. The molecule has 0 saturated carbocycles. The van der Waals surface area contributed by atoms with Crippen LogP contribution in [0.3, 0.4) is 0 Å². The van der Waals surface area contributed by atoms with Gasteiger partial charge in [-0.3, -0.25) is 14.6 Å². The minimum absolute atomic E-state index is 0.0274. The molecule has 1 atom stereocenters. The quantitative estimate of drug-likeness (QED) is 0.741. The Morgan fingerprint density at radius 3 is 2.67 bits per heavy atom. The molecule has 0 aromatic heterocycles. The highest BCUT2D eigenvalue weighted by Gasteiger charge is 2.36. The van der Waals surface area contributed by atoms with E-state index in [4.69, 9.17) is 4.74 Å². The second kappa shape index (κ2) is 4.71. The number of nitrogens with zero attached hydrogens (tertiary/aromatic N) is 2. The Hall–Kier alpha value is -1.39. The van der Waals surface area contributed by atoms with Gasteiger partial charge in [0.2, 0.25) is 0 Å². The summed E-state index contributed by atoms with van der Waals surface area (Å²) >= 11 is 0. The van der Waals surface area contributed by atoms with Crippen molar-refractivity contribution in [1.29, 1.82) is 0 Å². The van der Waals surface area contributed by atoms with Gasteiger partial charge in [0.15, 0.2) is 5.78 Å². The summed E-state index contributed by atoms with van der Waals surface area (Å²) in [5.41, 5.74) is 0.758. The lowest BCUT2D eigenvalue weighted by Crippen LogP contribution is -2.63. The minimum Gasteiger partial charge on any atom is -0.497 e. The number of rotatable bonds is 3. The van der Waals surface area contributed by atoms with Gasteiger partial charge in [-0.2, -0.15) is 0 Å². The number of benzene rings is 1. The fraction of sp³-hybridized carbons (Fsp3) is 0.500. The summed E-state index contributed by atoms with van der Waals surface area (Å²) in [5, 5.41) is 0. The fourth-order valence-electron chi connectivity index (χ4n) is 2.84. The molecule has 0 spiro atoms. The topological polar surface area (TPSA) is 32.8 Å². The number of hydrogen-bond acceptors (Lipinski definition) is 4. The average molecular weight is 246 g/mol. The molecule has 0 N–H and O–H groups in total. The molecule has 3 heterocycles. The van der Waals surface area contributed by atoms with Gasteiger partial charge in [0.05, 0.1) is 13.2 Å². The molecule has 1 aromatic rings. The summed E-state index contributed by atoms with van der Waals surface area (Å²) in [4.78, 5) is 17.2. The zero-order chi connectivity index (χ0) is 12.5. The van der Waals surface area contributed by atoms with Crippen LogP contribution in [0.25, 0.3) is 0 Å². The maximum Gasteiger partial charge on any atom is 0.181 e. The van der Waals surface area contributed by atoms with Crippen LogP contribution in [0.2, 0.25) is 0 Å². The number of carbonyl (C=O) groups excluding carboxylic acids is 1. The number of fused-ring (bicyclic) bond motifs is 3. The molecule has 1 unspecified atom stereocenters. The van der Waals surface area contributed by atoms with Crippen molar-refractivity contribution >= 4 is 5.78 Å². The summed E-state index contributed by atoms with van der Waals surface area (Å²) in [6.45, 7) is 5.10. The fourth-order valence-corrected chi connectivity index (χ4v) is 2.84.